The number of hydrogen-bond acceptors (Lipinski definition) is 5. The molecule has 0 spiro atoms. The molecule has 2 saturated heterocycles. The first-order chi connectivity index (χ1) is 13.1. The van der Waals surface area contributed by atoms with Gasteiger partial charge in [0, 0.05) is 62.6 Å². The van der Waals surface area contributed by atoms with Crippen molar-refractivity contribution in [3.05, 3.63) is 18.5 Å². The molecule has 0 aromatic carbocycles. The molecule has 1 aromatic heterocycles. The third kappa shape index (κ3) is 3.61. The fourth-order valence-corrected chi connectivity index (χ4v) is 5.06. The van der Waals surface area contributed by atoms with Gasteiger partial charge < -0.3 is 20.3 Å². The lowest BCUT2D eigenvalue weighted by atomic mass is 9.55. The van der Waals surface area contributed by atoms with Gasteiger partial charge in [0.1, 0.15) is 0 Å². The Bertz CT molecular complexity index is 664. The lowest BCUT2D eigenvalue weighted by molar-refractivity contribution is -0.188. The van der Waals surface area contributed by atoms with Crippen LogP contribution >= 0.6 is 0 Å². The van der Waals surface area contributed by atoms with E-state index in [1.807, 2.05) is 13.1 Å². The summed E-state index contributed by atoms with van der Waals surface area (Å²) < 4.78 is 6.03. The van der Waals surface area contributed by atoms with E-state index < -0.39 is 0 Å². The molecule has 4 atom stereocenters. The Morgan fingerprint density at radius 1 is 1.22 bits per heavy atom. The van der Waals surface area contributed by atoms with Crippen LogP contribution in [0.1, 0.15) is 39.5 Å². The van der Waals surface area contributed by atoms with Crippen LogP contribution in [0.5, 0.6) is 0 Å². The summed E-state index contributed by atoms with van der Waals surface area (Å²) in [6.07, 6.45) is 8.65. The molecule has 0 radical (unpaired) electrons. The summed E-state index contributed by atoms with van der Waals surface area (Å²) >= 11 is 0. The van der Waals surface area contributed by atoms with Gasteiger partial charge in [-0.25, -0.2) is 9.97 Å². The van der Waals surface area contributed by atoms with Crippen LogP contribution < -0.4 is 15.5 Å². The Morgan fingerprint density at radius 2 is 2.04 bits per heavy atom. The molecule has 2 N–H and O–H groups in total. The quantitative estimate of drug-likeness (QED) is 0.623. The van der Waals surface area contributed by atoms with Crippen molar-refractivity contribution in [1.29, 1.82) is 0 Å². The van der Waals surface area contributed by atoms with Crippen molar-refractivity contribution in [2.24, 2.45) is 16.3 Å². The average Bonchev–Trinajstić information content (AvgIpc) is 2.72. The van der Waals surface area contributed by atoms with Crippen LogP contribution in [0.2, 0.25) is 0 Å². The van der Waals surface area contributed by atoms with Gasteiger partial charge >= 0.3 is 0 Å². The fourth-order valence-electron chi connectivity index (χ4n) is 5.06. The van der Waals surface area contributed by atoms with Crippen molar-refractivity contribution < 1.29 is 4.74 Å². The minimum atomic E-state index is 0.138. The fraction of sp³-hybridized carbons (Fsp3) is 0.750. The number of aliphatic imine (C=N–C) groups is 1. The first-order valence-corrected chi connectivity index (χ1v) is 10.2. The van der Waals surface area contributed by atoms with E-state index >= 15 is 0 Å². The number of hydrogen-bond donors (Lipinski definition) is 2. The zero-order valence-electron chi connectivity index (χ0n) is 16.7. The van der Waals surface area contributed by atoms with Gasteiger partial charge in [-0.05, 0) is 31.7 Å². The van der Waals surface area contributed by atoms with Gasteiger partial charge in [-0.1, -0.05) is 13.8 Å². The third-order valence-electron chi connectivity index (χ3n) is 6.44. The van der Waals surface area contributed by atoms with Crippen LogP contribution in [-0.2, 0) is 4.74 Å². The van der Waals surface area contributed by atoms with Gasteiger partial charge in [0.25, 0.3) is 0 Å². The maximum atomic E-state index is 6.03. The Morgan fingerprint density at radius 3 is 2.81 bits per heavy atom. The molecule has 3 heterocycles. The molecule has 148 valence electrons. The normalized spacial score (nSPS) is 33.0. The highest BCUT2D eigenvalue weighted by atomic mass is 16.5. The predicted octanol–water partition coefficient (Wildman–Crippen LogP) is 1.81. The van der Waals surface area contributed by atoms with Gasteiger partial charge in [0.05, 0.1) is 6.10 Å². The van der Waals surface area contributed by atoms with Crippen LogP contribution in [0.3, 0.4) is 0 Å². The highest BCUT2D eigenvalue weighted by Crippen LogP contribution is 2.51. The molecule has 0 bridgehead atoms. The van der Waals surface area contributed by atoms with E-state index in [1.165, 1.54) is 6.42 Å². The molecule has 2 aliphatic heterocycles. The largest absolute Gasteiger partial charge is 0.377 e. The molecule has 27 heavy (non-hydrogen) atoms. The number of guanidine groups is 1. The minimum Gasteiger partial charge on any atom is -0.377 e. The summed E-state index contributed by atoms with van der Waals surface area (Å²) in [6.45, 7) is 7.42. The standard InChI is InChI=1S/C20H32N6O/c1-20(2)16(15-8-5-12-27-17(15)20)25-18(21-3)24-14-7-4-11-26(13-14)19-22-9-6-10-23-19/h6,9-10,14-17H,4-5,7-8,11-13H2,1-3H3,(H2,21,24,25). The van der Waals surface area contributed by atoms with Crippen molar-refractivity contribution in [3.63, 3.8) is 0 Å². The summed E-state index contributed by atoms with van der Waals surface area (Å²) in [5, 5.41) is 7.34. The van der Waals surface area contributed by atoms with Gasteiger partial charge in [-0.3, -0.25) is 4.99 Å². The molecule has 1 saturated carbocycles. The molecule has 3 aliphatic rings. The summed E-state index contributed by atoms with van der Waals surface area (Å²) in [6, 6.07) is 2.61. The Labute approximate surface area is 162 Å². The summed E-state index contributed by atoms with van der Waals surface area (Å²) in [4.78, 5) is 15.6. The lowest BCUT2D eigenvalue weighted by Gasteiger charge is -2.60. The zero-order valence-corrected chi connectivity index (χ0v) is 16.7. The van der Waals surface area contributed by atoms with Crippen LogP contribution in [0.4, 0.5) is 5.95 Å². The smallest absolute Gasteiger partial charge is 0.225 e. The number of fused-ring (bicyclic) bond motifs is 1. The number of rotatable bonds is 3. The molecule has 0 amide bonds. The molecule has 4 unspecified atom stereocenters. The lowest BCUT2D eigenvalue weighted by Crippen LogP contribution is -2.71. The van der Waals surface area contributed by atoms with E-state index in [2.05, 4.69) is 44.3 Å². The zero-order chi connectivity index (χ0) is 18.9. The van der Waals surface area contributed by atoms with Gasteiger partial charge in [-0.2, -0.15) is 0 Å². The van der Waals surface area contributed by atoms with Crippen LogP contribution in [-0.4, -0.2) is 60.9 Å². The first-order valence-electron chi connectivity index (χ1n) is 10.2. The summed E-state index contributed by atoms with van der Waals surface area (Å²) in [7, 11) is 1.86. The second kappa shape index (κ2) is 7.62. The highest BCUT2D eigenvalue weighted by molar-refractivity contribution is 5.80. The Hall–Kier alpha value is -1.89. The van der Waals surface area contributed by atoms with E-state index in [-0.39, 0.29) is 5.41 Å². The van der Waals surface area contributed by atoms with Crippen LogP contribution in [0, 0.1) is 11.3 Å². The van der Waals surface area contributed by atoms with Crippen molar-refractivity contribution >= 4 is 11.9 Å². The second-order valence-electron chi connectivity index (χ2n) is 8.59. The van der Waals surface area contributed by atoms with Gasteiger partial charge in [0.15, 0.2) is 5.96 Å². The molecule has 7 heteroatoms. The minimum absolute atomic E-state index is 0.138. The second-order valence-corrected chi connectivity index (χ2v) is 8.59. The van der Waals surface area contributed by atoms with Crippen LogP contribution in [0.15, 0.2) is 23.5 Å². The molecular weight excluding hydrogens is 340 g/mol. The van der Waals surface area contributed by atoms with Crippen LogP contribution in [0.25, 0.3) is 0 Å². The molecule has 1 aromatic rings. The predicted molar refractivity (Wildman–Crippen MR) is 107 cm³/mol. The molecular formula is C20H32N6O. The summed E-state index contributed by atoms with van der Waals surface area (Å²) in [5.41, 5.74) is 0.138. The van der Waals surface area contributed by atoms with E-state index in [1.54, 1.807) is 12.4 Å². The summed E-state index contributed by atoms with van der Waals surface area (Å²) in [5.74, 6) is 2.31. The number of aromatic nitrogens is 2. The van der Waals surface area contributed by atoms with Crippen molar-refractivity contribution in [2.45, 2.75) is 57.7 Å². The van der Waals surface area contributed by atoms with Gasteiger partial charge in [0.2, 0.25) is 5.95 Å². The molecule has 3 fully saturated rings. The van der Waals surface area contributed by atoms with Crippen molar-refractivity contribution in [1.82, 2.24) is 20.6 Å². The van der Waals surface area contributed by atoms with E-state index in [9.17, 15) is 0 Å². The maximum absolute atomic E-state index is 6.03. The van der Waals surface area contributed by atoms with E-state index in [4.69, 9.17) is 4.74 Å². The molecule has 1 aliphatic carbocycles. The topological polar surface area (TPSA) is 74.7 Å². The average molecular weight is 373 g/mol. The first kappa shape index (κ1) is 18.5. The Balaban J connectivity index is 1.36. The maximum Gasteiger partial charge on any atom is 0.225 e. The third-order valence-corrected chi connectivity index (χ3v) is 6.44. The molecule has 7 nitrogen and oxygen atoms in total. The van der Waals surface area contributed by atoms with Crippen molar-refractivity contribution in [2.75, 3.05) is 31.6 Å². The monoisotopic (exact) mass is 372 g/mol. The number of nitrogens with zero attached hydrogens (tertiary/aromatic N) is 4. The Kier molecular flexibility index (Phi) is 5.21. The number of nitrogens with one attached hydrogen (secondary N) is 2. The van der Waals surface area contributed by atoms with E-state index in [0.29, 0.717) is 24.1 Å². The molecule has 4 rings (SSSR count). The number of ether oxygens (including phenoxy) is 1. The highest BCUT2D eigenvalue weighted by Gasteiger charge is 2.58. The number of anilines is 1. The number of piperidine rings is 1. The van der Waals surface area contributed by atoms with Gasteiger partial charge in [-0.15, -0.1) is 0 Å². The SMILES string of the molecule is CN=C(NC1CCCN(c2ncccn2)C1)NC1C2CCCOC2C1(C)C. The van der Waals surface area contributed by atoms with Crippen molar-refractivity contribution in [3.8, 4) is 0 Å². The van der Waals surface area contributed by atoms with E-state index in [0.717, 1.165) is 50.9 Å².